The molecule has 1 saturated carbocycles. The minimum atomic E-state index is -0.425. The molecule has 0 atom stereocenters. The summed E-state index contributed by atoms with van der Waals surface area (Å²) in [4.78, 5) is 12.0. The highest BCUT2D eigenvalue weighted by Crippen LogP contribution is 2.37. The van der Waals surface area contributed by atoms with Gasteiger partial charge in [-0.25, -0.2) is 4.79 Å². The van der Waals surface area contributed by atoms with E-state index < -0.39 is 5.97 Å². The summed E-state index contributed by atoms with van der Waals surface area (Å²) < 4.78 is 11.0. The van der Waals surface area contributed by atoms with Crippen molar-refractivity contribution in [3.63, 3.8) is 0 Å². The molecule has 5 nitrogen and oxygen atoms in total. The monoisotopic (exact) mass is 396 g/mol. The third kappa shape index (κ3) is 6.14. The van der Waals surface area contributed by atoms with Crippen LogP contribution in [0.2, 0.25) is 0 Å². The standard InChI is InChI=1S/C24H32N2O3/c1-2-17-4-6-18(7-5-17)19-8-10-23(11-9-19)28-12-3-13-29-24(27)20-14-21(25)16-22(26)15-20/h8-11,14-18H,2-7,12-13,25-26H2,1H3/t17-,18-. The number of esters is 1. The van der Waals surface area contributed by atoms with Gasteiger partial charge in [0.1, 0.15) is 5.75 Å². The first kappa shape index (κ1) is 21.0. The summed E-state index contributed by atoms with van der Waals surface area (Å²) >= 11 is 0. The van der Waals surface area contributed by atoms with Crippen LogP contribution < -0.4 is 16.2 Å². The second kappa shape index (κ2) is 10.2. The minimum Gasteiger partial charge on any atom is -0.493 e. The number of anilines is 2. The van der Waals surface area contributed by atoms with E-state index in [9.17, 15) is 4.79 Å². The number of hydrogen-bond acceptors (Lipinski definition) is 5. The van der Waals surface area contributed by atoms with Crippen LogP contribution in [0.3, 0.4) is 0 Å². The average molecular weight is 397 g/mol. The van der Waals surface area contributed by atoms with Gasteiger partial charge in [0.2, 0.25) is 0 Å². The van der Waals surface area contributed by atoms with Crippen molar-refractivity contribution in [2.24, 2.45) is 5.92 Å². The normalized spacial score (nSPS) is 18.9. The summed E-state index contributed by atoms with van der Waals surface area (Å²) in [7, 11) is 0. The summed E-state index contributed by atoms with van der Waals surface area (Å²) in [6, 6.07) is 13.2. The number of hydrogen-bond donors (Lipinski definition) is 2. The van der Waals surface area contributed by atoms with Gasteiger partial charge in [0.25, 0.3) is 0 Å². The smallest absolute Gasteiger partial charge is 0.338 e. The van der Waals surface area contributed by atoms with Crippen LogP contribution in [-0.4, -0.2) is 19.2 Å². The molecule has 5 heteroatoms. The van der Waals surface area contributed by atoms with Crippen molar-refractivity contribution < 1.29 is 14.3 Å². The first-order valence-corrected chi connectivity index (χ1v) is 10.6. The average Bonchev–Trinajstić information content (AvgIpc) is 2.73. The van der Waals surface area contributed by atoms with Crippen LogP contribution in [0.5, 0.6) is 5.75 Å². The number of carbonyl (C=O) groups is 1. The van der Waals surface area contributed by atoms with Crippen molar-refractivity contribution in [3.05, 3.63) is 53.6 Å². The number of ether oxygens (including phenoxy) is 2. The lowest BCUT2D eigenvalue weighted by Gasteiger charge is -2.28. The molecular weight excluding hydrogens is 364 g/mol. The van der Waals surface area contributed by atoms with Gasteiger partial charge in [0, 0.05) is 17.8 Å². The SMILES string of the molecule is CC[C@H]1CC[C@H](c2ccc(OCCCOC(=O)c3cc(N)cc(N)c3)cc2)CC1. The fraction of sp³-hybridized carbons (Fsp3) is 0.458. The molecule has 0 spiro atoms. The molecule has 1 aliphatic rings. The molecule has 0 saturated heterocycles. The molecule has 2 aromatic rings. The summed E-state index contributed by atoms with van der Waals surface area (Å²) in [5.41, 5.74) is 14.1. The van der Waals surface area contributed by atoms with Gasteiger partial charge in [0.15, 0.2) is 0 Å². The second-order valence-corrected chi connectivity index (χ2v) is 7.92. The highest BCUT2D eigenvalue weighted by molar-refractivity contribution is 5.91. The van der Waals surface area contributed by atoms with E-state index in [-0.39, 0.29) is 6.61 Å². The van der Waals surface area contributed by atoms with Crippen LogP contribution in [0, 0.1) is 5.92 Å². The number of rotatable bonds is 8. The fourth-order valence-corrected chi connectivity index (χ4v) is 4.03. The Hall–Kier alpha value is -2.69. The molecule has 0 heterocycles. The molecule has 0 bridgehead atoms. The van der Waals surface area contributed by atoms with Crippen molar-refractivity contribution in [2.45, 2.75) is 51.4 Å². The molecule has 1 aliphatic carbocycles. The third-order valence-electron chi connectivity index (χ3n) is 5.78. The maximum Gasteiger partial charge on any atom is 0.338 e. The van der Waals surface area contributed by atoms with Gasteiger partial charge >= 0.3 is 5.97 Å². The van der Waals surface area contributed by atoms with E-state index in [1.807, 2.05) is 12.1 Å². The topological polar surface area (TPSA) is 87.6 Å². The molecule has 3 rings (SSSR count). The number of nitrogen functional groups attached to an aromatic ring is 2. The Morgan fingerprint density at radius 1 is 0.966 bits per heavy atom. The van der Waals surface area contributed by atoms with Gasteiger partial charge in [-0.05, 0) is 73.4 Å². The van der Waals surface area contributed by atoms with Crippen molar-refractivity contribution in [1.82, 2.24) is 0 Å². The molecule has 29 heavy (non-hydrogen) atoms. The summed E-state index contributed by atoms with van der Waals surface area (Å²) in [6.45, 7) is 3.07. The molecule has 0 aliphatic heterocycles. The van der Waals surface area contributed by atoms with Crippen LogP contribution in [0.1, 0.15) is 67.3 Å². The van der Waals surface area contributed by atoms with Gasteiger partial charge in [0.05, 0.1) is 18.8 Å². The van der Waals surface area contributed by atoms with Crippen LogP contribution in [0.15, 0.2) is 42.5 Å². The lowest BCUT2D eigenvalue weighted by atomic mass is 9.78. The molecule has 0 aromatic heterocycles. The quantitative estimate of drug-likeness (QED) is 0.365. The Balaban J connectivity index is 1.37. The van der Waals surface area contributed by atoms with Gasteiger partial charge < -0.3 is 20.9 Å². The Morgan fingerprint density at radius 2 is 1.62 bits per heavy atom. The summed E-state index contributed by atoms with van der Waals surface area (Å²) in [5.74, 6) is 2.03. The predicted molar refractivity (Wildman–Crippen MR) is 117 cm³/mol. The Morgan fingerprint density at radius 3 is 2.24 bits per heavy atom. The van der Waals surface area contributed by atoms with Gasteiger partial charge in [-0.3, -0.25) is 0 Å². The van der Waals surface area contributed by atoms with E-state index >= 15 is 0 Å². The molecular formula is C24H32N2O3. The fourth-order valence-electron chi connectivity index (χ4n) is 4.03. The zero-order chi connectivity index (χ0) is 20.6. The van der Waals surface area contributed by atoms with Crippen LogP contribution in [-0.2, 0) is 4.74 Å². The van der Waals surface area contributed by atoms with Gasteiger partial charge in [-0.2, -0.15) is 0 Å². The number of carbonyl (C=O) groups excluding carboxylic acids is 1. The van der Waals surface area contributed by atoms with Crippen LogP contribution in [0.25, 0.3) is 0 Å². The van der Waals surface area contributed by atoms with Crippen LogP contribution >= 0.6 is 0 Å². The highest BCUT2D eigenvalue weighted by atomic mass is 16.5. The van der Waals surface area contributed by atoms with Gasteiger partial charge in [-0.1, -0.05) is 25.5 Å². The first-order valence-electron chi connectivity index (χ1n) is 10.6. The molecule has 2 aromatic carbocycles. The molecule has 4 N–H and O–H groups in total. The zero-order valence-electron chi connectivity index (χ0n) is 17.2. The van der Waals surface area contributed by atoms with E-state index in [2.05, 4.69) is 19.1 Å². The lowest BCUT2D eigenvalue weighted by Crippen LogP contribution is -2.12. The largest absolute Gasteiger partial charge is 0.493 e. The molecule has 0 unspecified atom stereocenters. The van der Waals surface area contributed by atoms with Crippen molar-refractivity contribution >= 4 is 17.3 Å². The highest BCUT2D eigenvalue weighted by Gasteiger charge is 2.21. The molecule has 0 radical (unpaired) electrons. The van der Waals surface area contributed by atoms with Crippen molar-refractivity contribution in [3.8, 4) is 5.75 Å². The molecule has 1 fully saturated rings. The van der Waals surface area contributed by atoms with E-state index in [4.69, 9.17) is 20.9 Å². The predicted octanol–water partition coefficient (Wildman–Crippen LogP) is 5.16. The Labute approximate surface area is 173 Å². The minimum absolute atomic E-state index is 0.284. The van der Waals surface area contributed by atoms with Gasteiger partial charge in [-0.15, -0.1) is 0 Å². The van der Waals surface area contributed by atoms with Crippen LogP contribution in [0.4, 0.5) is 11.4 Å². The molecule has 156 valence electrons. The zero-order valence-corrected chi connectivity index (χ0v) is 17.2. The lowest BCUT2D eigenvalue weighted by molar-refractivity contribution is 0.0486. The maximum atomic E-state index is 12.0. The van der Waals surface area contributed by atoms with Crippen molar-refractivity contribution in [1.29, 1.82) is 0 Å². The third-order valence-corrected chi connectivity index (χ3v) is 5.78. The van der Waals surface area contributed by atoms with E-state index in [0.29, 0.717) is 35.9 Å². The van der Waals surface area contributed by atoms with E-state index in [0.717, 1.165) is 11.7 Å². The van der Waals surface area contributed by atoms with Crippen molar-refractivity contribution in [2.75, 3.05) is 24.7 Å². The summed E-state index contributed by atoms with van der Waals surface area (Å²) in [6.07, 6.45) is 7.21. The second-order valence-electron chi connectivity index (χ2n) is 7.92. The first-order chi connectivity index (χ1) is 14.0. The number of nitrogens with two attached hydrogens (primary N) is 2. The number of benzene rings is 2. The summed E-state index contributed by atoms with van der Waals surface area (Å²) in [5, 5.41) is 0. The Bertz CT molecular complexity index is 776. The Kier molecular flexibility index (Phi) is 7.39. The molecule has 0 amide bonds. The van der Waals surface area contributed by atoms with E-state index in [1.54, 1.807) is 18.2 Å². The maximum absolute atomic E-state index is 12.0. The van der Waals surface area contributed by atoms with E-state index in [1.165, 1.54) is 37.7 Å².